The van der Waals surface area contributed by atoms with E-state index in [1.807, 2.05) is 35.2 Å². The molecule has 6 heteroatoms. The van der Waals surface area contributed by atoms with E-state index < -0.39 is 6.04 Å². The van der Waals surface area contributed by atoms with Crippen LogP contribution in [0.3, 0.4) is 0 Å². The number of fused-ring (bicyclic) bond motifs is 2. The average Bonchev–Trinajstić information content (AvgIpc) is 2.85. The summed E-state index contributed by atoms with van der Waals surface area (Å²) < 4.78 is 0. The maximum atomic E-state index is 13.5. The summed E-state index contributed by atoms with van der Waals surface area (Å²) in [4.78, 5) is 19.3. The van der Waals surface area contributed by atoms with Crippen molar-refractivity contribution in [3.8, 4) is 0 Å². The number of carbonyl (C=O) groups is 1. The third-order valence-electron chi connectivity index (χ3n) is 6.02. The molecule has 0 saturated heterocycles. The summed E-state index contributed by atoms with van der Waals surface area (Å²) in [5.74, 6) is -0.0282. The molecule has 0 aliphatic rings. The quantitative estimate of drug-likeness (QED) is 0.203. The Kier molecular flexibility index (Phi) is 7.40. The van der Waals surface area contributed by atoms with Crippen LogP contribution in [0.1, 0.15) is 24.0 Å². The molecule has 1 atom stereocenters. The molecular formula is C28H31N5O. The molecule has 6 nitrogen and oxygen atoms in total. The second kappa shape index (κ2) is 10.8. The summed E-state index contributed by atoms with van der Waals surface area (Å²) in [5.41, 5.74) is 19.3. The molecule has 0 bridgehead atoms. The van der Waals surface area contributed by atoms with Crippen LogP contribution in [0.15, 0.2) is 89.9 Å². The van der Waals surface area contributed by atoms with E-state index in [1.54, 1.807) is 0 Å². The first-order valence-electron chi connectivity index (χ1n) is 11.6. The topological polar surface area (TPSA) is 111 Å². The fourth-order valence-corrected chi connectivity index (χ4v) is 4.28. The van der Waals surface area contributed by atoms with Gasteiger partial charge in [0.1, 0.15) is 0 Å². The number of benzene rings is 4. The van der Waals surface area contributed by atoms with Crippen molar-refractivity contribution in [3.63, 3.8) is 0 Å². The molecule has 174 valence electrons. The number of carbonyl (C=O) groups excluding carboxylic acids is 1. The summed E-state index contributed by atoms with van der Waals surface area (Å²) in [5, 5.41) is 4.62. The van der Waals surface area contributed by atoms with Crippen LogP contribution in [0.25, 0.3) is 21.5 Å². The third-order valence-corrected chi connectivity index (χ3v) is 6.02. The van der Waals surface area contributed by atoms with Gasteiger partial charge >= 0.3 is 0 Å². The van der Waals surface area contributed by atoms with Gasteiger partial charge in [0.05, 0.1) is 6.04 Å². The number of hydrogen-bond acceptors (Lipinski definition) is 3. The van der Waals surface area contributed by atoms with E-state index in [9.17, 15) is 4.79 Å². The number of rotatable bonds is 9. The second-order valence-corrected chi connectivity index (χ2v) is 8.57. The molecule has 0 aliphatic heterocycles. The summed E-state index contributed by atoms with van der Waals surface area (Å²) in [7, 11) is 0. The predicted molar refractivity (Wildman–Crippen MR) is 140 cm³/mol. The Bertz CT molecular complexity index is 1310. The molecule has 6 N–H and O–H groups in total. The molecule has 0 aromatic heterocycles. The molecule has 0 fully saturated rings. The first-order valence-corrected chi connectivity index (χ1v) is 11.6. The largest absolute Gasteiger partial charge is 0.370 e. The van der Waals surface area contributed by atoms with Gasteiger partial charge in [-0.2, -0.15) is 0 Å². The van der Waals surface area contributed by atoms with Crippen LogP contribution in [0.4, 0.5) is 0 Å². The van der Waals surface area contributed by atoms with Crippen LogP contribution in [-0.4, -0.2) is 29.4 Å². The Labute approximate surface area is 200 Å². The van der Waals surface area contributed by atoms with Crippen LogP contribution in [0.2, 0.25) is 0 Å². The Morgan fingerprint density at radius 1 is 0.824 bits per heavy atom. The second-order valence-electron chi connectivity index (χ2n) is 8.57. The number of nitrogens with two attached hydrogens (primary N) is 3. The first-order chi connectivity index (χ1) is 16.5. The smallest absolute Gasteiger partial charge is 0.240 e. The van der Waals surface area contributed by atoms with E-state index in [0.717, 1.165) is 27.3 Å². The van der Waals surface area contributed by atoms with Gasteiger partial charge in [0.25, 0.3) is 0 Å². The van der Waals surface area contributed by atoms with Crippen molar-refractivity contribution in [2.75, 3.05) is 6.54 Å². The van der Waals surface area contributed by atoms with Gasteiger partial charge in [-0.05, 0) is 51.6 Å². The van der Waals surface area contributed by atoms with Crippen LogP contribution in [-0.2, 0) is 17.9 Å². The van der Waals surface area contributed by atoms with Crippen molar-refractivity contribution in [1.82, 2.24) is 4.90 Å². The third kappa shape index (κ3) is 5.71. The minimum atomic E-state index is -0.621. The van der Waals surface area contributed by atoms with Crippen molar-refractivity contribution >= 4 is 33.4 Å². The van der Waals surface area contributed by atoms with Crippen LogP contribution in [0.5, 0.6) is 0 Å². The minimum absolute atomic E-state index is 0.0498. The molecule has 0 radical (unpaired) electrons. The number of hydrogen-bond donors (Lipinski definition) is 3. The highest BCUT2D eigenvalue weighted by atomic mass is 16.2. The van der Waals surface area contributed by atoms with Gasteiger partial charge in [-0.15, -0.1) is 0 Å². The highest BCUT2D eigenvalue weighted by Gasteiger charge is 2.22. The van der Waals surface area contributed by atoms with Crippen molar-refractivity contribution in [2.45, 2.75) is 32.0 Å². The monoisotopic (exact) mass is 453 g/mol. The molecule has 4 rings (SSSR count). The number of nitrogens with zero attached hydrogens (tertiary/aromatic N) is 2. The zero-order chi connectivity index (χ0) is 23.9. The molecule has 0 saturated carbocycles. The van der Waals surface area contributed by atoms with Crippen LogP contribution in [0, 0.1) is 0 Å². The van der Waals surface area contributed by atoms with E-state index >= 15 is 0 Å². The SMILES string of the molecule is NC(N)=NCCC[C@@H](N)C(=O)N(Cc1ccc2ccccc2c1)Cc1cccc2ccccc12. The fraction of sp³-hybridized carbons (Fsp3) is 0.214. The molecule has 1 amide bonds. The molecule has 4 aromatic rings. The molecule has 0 spiro atoms. The number of amides is 1. The van der Waals surface area contributed by atoms with Crippen LogP contribution >= 0.6 is 0 Å². The lowest BCUT2D eigenvalue weighted by Gasteiger charge is -2.27. The highest BCUT2D eigenvalue weighted by Crippen LogP contribution is 2.23. The van der Waals surface area contributed by atoms with E-state index in [1.165, 1.54) is 5.39 Å². The lowest BCUT2D eigenvalue weighted by Crippen LogP contribution is -2.43. The lowest BCUT2D eigenvalue weighted by molar-refractivity contribution is -0.134. The maximum Gasteiger partial charge on any atom is 0.240 e. The minimum Gasteiger partial charge on any atom is -0.370 e. The Morgan fingerprint density at radius 2 is 1.53 bits per heavy atom. The maximum absolute atomic E-state index is 13.5. The lowest BCUT2D eigenvalue weighted by atomic mass is 10.0. The van der Waals surface area contributed by atoms with Gasteiger partial charge in [0.2, 0.25) is 5.91 Å². The predicted octanol–water partition coefficient (Wildman–Crippen LogP) is 3.90. The number of aliphatic imine (C=N–C) groups is 1. The molecule has 4 aromatic carbocycles. The Balaban J connectivity index is 1.59. The molecule has 0 unspecified atom stereocenters. The van der Waals surface area contributed by atoms with Gasteiger partial charge in [0, 0.05) is 19.6 Å². The Morgan fingerprint density at radius 3 is 2.32 bits per heavy atom. The summed E-state index contributed by atoms with van der Waals surface area (Å²) in [6.07, 6.45) is 1.16. The van der Waals surface area contributed by atoms with Crippen molar-refractivity contribution in [2.24, 2.45) is 22.2 Å². The molecule has 0 aliphatic carbocycles. The zero-order valence-corrected chi connectivity index (χ0v) is 19.2. The standard InChI is InChI=1S/C28H31N5O/c29-26(13-6-16-32-28(30)31)27(34)33(18-20-14-15-21-7-1-2-9-23(21)17-20)19-24-11-5-10-22-8-3-4-12-25(22)24/h1-5,7-12,14-15,17,26H,6,13,16,18-19,29H2,(H4,30,31,32)/t26-/m1/s1. The van der Waals surface area contributed by atoms with Gasteiger partial charge in [-0.1, -0.05) is 78.9 Å². The zero-order valence-electron chi connectivity index (χ0n) is 19.2. The highest BCUT2D eigenvalue weighted by molar-refractivity contribution is 5.87. The van der Waals surface area contributed by atoms with Gasteiger partial charge < -0.3 is 22.1 Å². The van der Waals surface area contributed by atoms with E-state index in [0.29, 0.717) is 32.5 Å². The normalized spacial score (nSPS) is 11.9. The molecule has 0 heterocycles. The molecule has 34 heavy (non-hydrogen) atoms. The van der Waals surface area contributed by atoms with Crippen molar-refractivity contribution < 1.29 is 4.79 Å². The van der Waals surface area contributed by atoms with E-state index in [-0.39, 0.29) is 11.9 Å². The summed E-state index contributed by atoms with van der Waals surface area (Å²) in [6.45, 7) is 1.42. The Hall–Kier alpha value is -3.90. The van der Waals surface area contributed by atoms with E-state index in [2.05, 4.69) is 59.6 Å². The van der Waals surface area contributed by atoms with Gasteiger partial charge in [-0.3, -0.25) is 9.79 Å². The summed E-state index contributed by atoms with van der Waals surface area (Å²) >= 11 is 0. The van der Waals surface area contributed by atoms with Gasteiger partial charge in [0.15, 0.2) is 5.96 Å². The van der Waals surface area contributed by atoms with Crippen LogP contribution < -0.4 is 17.2 Å². The number of guanidine groups is 1. The summed E-state index contributed by atoms with van der Waals surface area (Å²) in [6, 6.07) is 28.4. The first kappa shape index (κ1) is 23.3. The van der Waals surface area contributed by atoms with Crippen molar-refractivity contribution in [1.29, 1.82) is 0 Å². The van der Waals surface area contributed by atoms with E-state index in [4.69, 9.17) is 17.2 Å². The van der Waals surface area contributed by atoms with Gasteiger partial charge in [-0.25, -0.2) is 0 Å². The fourth-order valence-electron chi connectivity index (χ4n) is 4.28. The average molecular weight is 454 g/mol. The van der Waals surface area contributed by atoms with Crippen molar-refractivity contribution in [3.05, 3.63) is 96.1 Å². The molecular weight excluding hydrogens is 422 g/mol.